The molecule has 2 saturated heterocycles. The Morgan fingerprint density at radius 1 is 1.24 bits per heavy atom. The van der Waals surface area contributed by atoms with Gasteiger partial charge in [-0.05, 0) is 56.5 Å². The number of benzene rings is 1. The Balaban J connectivity index is 1.47. The monoisotopic (exact) mass is 505 g/mol. The Labute approximate surface area is 207 Å². The average Bonchev–Trinajstić information content (AvgIpc) is 3.43. The maximum atomic E-state index is 12.6. The van der Waals surface area contributed by atoms with E-state index in [-0.39, 0.29) is 24.9 Å². The highest BCUT2D eigenvalue weighted by atomic mass is 35.5. The standard InChI is InChI=1S/C23H28ClN5O4S/c1-14(25)21(30)27-17-11-15(5-6-18(17)28-9-3-2-4-10-28)29-13-16(33-23(29)32)12-26-22(31)19-7-8-20(24)34-19/h5-8,11,14,16H,2-4,9-10,12-13,25H2,1H3,(H,26,31)(H,27,30). The number of rotatable bonds is 7. The molecule has 0 radical (unpaired) electrons. The van der Waals surface area contributed by atoms with E-state index < -0.39 is 18.2 Å². The lowest BCUT2D eigenvalue weighted by Gasteiger charge is -2.31. The summed E-state index contributed by atoms with van der Waals surface area (Å²) in [5.41, 5.74) is 7.88. The van der Waals surface area contributed by atoms with Crippen molar-refractivity contribution in [3.05, 3.63) is 39.5 Å². The van der Waals surface area contributed by atoms with E-state index in [1.54, 1.807) is 25.1 Å². The molecule has 182 valence electrons. The molecule has 0 bridgehead atoms. The van der Waals surface area contributed by atoms with Gasteiger partial charge in [-0.2, -0.15) is 0 Å². The summed E-state index contributed by atoms with van der Waals surface area (Å²) >= 11 is 7.07. The van der Waals surface area contributed by atoms with Gasteiger partial charge in [-0.1, -0.05) is 11.6 Å². The zero-order valence-electron chi connectivity index (χ0n) is 18.9. The van der Waals surface area contributed by atoms with E-state index in [4.69, 9.17) is 22.1 Å². The van der Waals surface area contributed by atoms with Gasteiger partial charge < -0.3 is 26.0 Å². The topological polar surface area (TPSA) is 117 Å². The first kappa shape index (κ1) is 24.3. The summed E-state index contributed by atoms with van der Waals surface area (Å²) < 4.78 is 5.99. The van der Waals surface area contributed by atoms with Crippen molar-refractivity contribution in [1.29, 1.82) is 0 Å². The molecular weight excluding hydrogens is 478 g/mol. The molecule has 0 spiro atoms. The molecule has 9 nitrogen and oxygen atoms in total. The Bertz CT molecular complexity index is 1070. The van der Waals surface area contributed by atoms with Gasteiger partial charge in [0.05, 0.1) is 39.7 Å². The molecule has 4 N–H and O–H groups in total. The summed E-state index contributed by atoms with van der Waals surface area (Å²) in [6, 6.07) is 8.19. The van der Waals surface area contributed by atoms with Crippen LogP contribution in [0, 0.1) is 0 Å². The number of piperidine rings is 1. The van der Waals surface area contributed by atoms with Crippen molar-refractivity contribution in [3.8, 4) is 0 Å². The third kappa shape index (κ3) is 5.63. The third-order valence-corrected chi connectivity index (χ3v) is 7.05. The highest BCUT2D eigenvalue weighted by molar-refractivity contribution is 7.18. The molecule has 0 aliphatic carbocycles. The van der Waals surface area contributed by atoms with Crippen LogP contribution >= 0.6 is 22.9 Å². The van der Waals surface area contributed by atoms with Gasteiger partial charge >= 0.3 is 6.09 Å². The fourth-order valence-corrected chi connectivity index (χ4v) is 4.98. The predicted octanol–water partition coefficient (Wildman–Crippen LogP) is 3.43. The second kappa shape index (κ2) is 10.6. The zero-order chi connectivity index (χ0) is 24.2. The number of amides is 3. The van der Waals surface area contributed by atoms with Gasteiger partial charge in [0.25, 0.3) is 5.91 Å². The van der Waals surface area contributed by atoms with Crippen LogP contribution in [0.5, 0.6) is 0 Å². The number of nitrogens with two attached hydrogens (primary N) is 1. The number of anilines is 3. The van der Waals surface area contributed by atoms with Gasteiger partial charge in [-0.3, -0.25) is 14.5 Å². The third-order valence-electron chi connectivity index (χ3n) is 5.82. The van der Waals surface area contributed by atoms with Crippen molar-refractivity contribution in [2.24, 2.45) is 5.73 Å². The molecule has 0 saturated carbocycles. The Morgan fingerprint density at radius 3 is 2.68 bits per heavy atom. The van der Waals surface area contributed by atoms with Gasteiger partial charge in [0.15, 0.2) is 0 Å². The smallest absolute Gasteiger partial charge is 0.414 e. The minimum absolute atomic E-state index is 0.177. The van der Waals surface area contributed by atoms with Crippen LogP contribution in [-0.4, -0.2) is 56.2 Å². The fourth-order valence-electron chi connectivity index (χ4n) is 4.02. The second-order valence-corrected chi connectivity index (χ2v) is 10.2. The Morgan fingerprint density at radius 2 is 2.00 bits per heavy atom. The van der Waals surface area contributed by atoms with E-state index >= 15 is 0 Å². The molecule has 2 aromatic rings. The van der Waals surface area contributed by atoms with Gasteiger partial charge in [-0.15, -0.1) is 11.3 Å². The van der Waals surface area contributed by atoms with Crippen LogP contribution < -0.4 is 26.2 Å². The quantitative estimate of drug-likeness (QED) is 0.530. The van der Waals surface area contributed by atoms with E-state index in [1.165, 1.54) is 22.7 Å². The number of hydrogen-bond acceptors (Lipinski definition) is 7. The number of halogens is 1. The van der Waals surface area contributed by atoms with Crippen molar-refractivity contribution >= 4 is 57.9 Å². The van der Waals surface area contributed by atoms with E-state index in [2.05, 4.69) is 15.5 Å². The molecule has 3 heterocycles. The molecule has 1 aromatic carbocycles. The van der Waals surface area contributed by atoms with Crippen molar-refractivity contribution in [2.45, 2.75) is 38.3 Å². The summed E-state index contributed by atoms with van der Waals surface area (Å²) in [6.07, 6.45) is 2.36. The highest BCUT2D eigenvalue weighted by Gasteiger charge is 2.33. The molecule has 2 fully saturated rings. The first-order chi connectivity index (χ1) is 16.3. The molecular formula is C23H28ClN5O4S. The summed E-state index contributed by atoms with van der Waals surface area (Å²) in [6.45, 7) is 3.89. The average molecular weight is 506 g/mol. The first-order valence-corrected chi connectivity index (χ1v) is 12.5. The summed E-state index contributed by atoms with van der Waals surface area (Å²) in [5, 5.41) is 5.69. The number of carbonyl (C=O) groups excluding carboxylic acids is 3. The molecule has 2 atom stereocenters. The molecule has 3 amide bonds. The van der Waals surface area contributed by atoms with Crippen LogP contribution in [0.25, 0.3) is 0 Å². The Kier molecular flexibility index (Phi) is 7.60. The molecule has 2 unspecified atom stereocenters. The van der Waals surface area contributed by atoms with Crippen molar-refractivity contribution < 1.29 is 19.1 Å². The van der Waals surface area contributed by atoms with E-state index in [0.717, 1.165) is 31.6 Å². The molecule has 11 heteroatoms. The second-order valence-electron chi connectivity index (χ2n) is 8.46. The molecule has 2 aliphatic rings. The lowest BCUT2D eigenvalue weighted by molar-refractivity contribution is -0.117. The number of nitrogens with one attached hydrogen (secondary N) is 2. The lowest BCUT2D eigenvalue weighted by atomic mass is 10.1. The fraction of sp³-hybridized carbons (Fsp3) is 0.435. The van der Waals surface area contributed by atoms with Crippen LogP contribution in [0.4, 0.5) is 21.9 Å². The van der Waals surface area contributed by atoms with Crippen LogP contribution in [0.1, 0.15) is 35.9 Å². The maximum absolute atomic E-state index is 12.6. The van der Waals surface area contributed by atoms with Gasteiger partial charge in [0.2, 0.25) is 5.91 Å². The summed E-state index contributed by atoms with van der Waals surface area (Å²) in [4.78, 5) is 41.4. The van der Waals surface area contributed by atoms with Crippen molar-refractivity contribution in [3.63, 3.8) is 0 Å². The summed E-state index contributed by atoms with van der Waals surface area (Å²) in [7, 11) is 0. The first-order valence-electron chi connectivity index (χ1n) is 11.3. The maximum Gasteiger partial charge on any atom is 0.414 e. The SMILES string of the molecule is CC(N)C(=O)Nc1cc(N2CC(CNC(=O)c3ccc(Cl)s3)OC2=O)ccc1N1CCCCC1. The minimum Gasteiger partial charge on any atom is -0.442 e. The van der Waals surface area contributed by atoms with Crippen molar-refractivity contribution in [2.75, 3.05) is 41.3 Å². The number of nitrogens with zero attached hydrogens (tertiary/aromatic N) is 2. The number of cyclic esters (lactones) is 1. The van der Waals surface area contributed by atoms with Crippen LogP contribution in [0.2, 0.25) is 4.34 Å². The van der Waals surface area contributed by atoms with E-state index in [9.17, 15) is 14.4 Å². The number of hydrogen-bond donors (Lipinski definition) is 3. The lowest BCUT2D eigenvalue weighted by Crippen LogP contribution is -2.35. The molecule has 4 rings (SSSR count). The molecule has 2 aliphatic heterocycles. The van der Waals surface area contributed by atoms with Crippen LogP contribution in [0.3, 0.4) is 0 Å². The van der Waals surface area contributed by atoms with Gasteiger partial charge in [-0.25, -0.2) is 4.79 Å². The normalized spacial score (nSPS) is 19.0. The predicted molar refractivity (Wildman–Crippen MR) is 134 cm³/mol. The van der Waals surface area contributed by atoms with Crippen molar-refractivity contribution in [1.82, 2.24) is 5.32 Å². The Hall–Kier alpha value is -2.82. The highest BCUT2D eigenvalue weighted by Crippen LogP contribution is 2.34. The van der Waals surface area contributed by atoms with Gasteiger partial charge in [0.1, 0.15) is 6.10 Å². The largest absolute Gasteiger partial charge is 0.442 e. The van der Waals surface area contributed by atoms with Crippen LogP contribution in [0.15, 0.2) is 30.3 Å². The summed E-state index contributed by atoms with van der Waals surface area (Å²) in [5.74, 6) is -0.563. The molecule has 34 heavy (non-hydrogen) atoms. The minimum atomic E-state index is -0.666. The number of carbonyl (C=O) groups is 3. The van der Waals surface area contributed by atoms with Gasteiger partial charge in [0, 0.05) is 18.8 Å². The molecule has 1 aromatic heterocycles. The van der Waals surface area contributed by atoms with Crippen LogP contribution in [-0.2, 0) is 9.53 Å². The van der Waals surface area contributed by atoms with E-state index in [0.29, 0.717) is 20.6 Å². The number of ether oxygens (including phenoxy) is 1. The number of thiophene rings is 1. The van der Waals surface area contributed by atoms with E-state index in [1.807, 2.05) is 12.1 Å². The zero-order valence-corrected chi connectivity index (χ0v) is 20.5.